The Morgan fingerprint density at radius 3 is 2.79 bits per heavy atom. The van der Waals surface area contributed by atoms with Crippen molar-refractivity contribution in [2.24, 2.45) is 5.92 Å². The fraction of sp³-hybridized carbons (Fsp3) is 0.522. The van der Waals surface area contributed by atoms with Gasteiger partial charge in [-0.3, -0.25) is 4.79 Å². The number of fused-ring (bicyclic) bond motifs is 3. The molecule has 1 aromatic carbocycles. The van der Waals surface area contributed by atoms with Crippen LogP contribution >= 0.6 is 0 Å². The summed E-state index contributed by atoms with van der Waals surface area (Å²) in [6.07, 6.45) is 10.0. The summed E-state index contributed by atoms with van der Waals surface area (Å²) in [5, 5.41) is 12.8. The third kappa shape index (κ3) is 4.03. The molecule has 2 aromatic rings. The lowest BCUT2D eigenvalue weighted by Gasteiger charge is -2.22. The first-order chi connectivity index (χ1) is 13.6. The van der Waals surface area contributed by atoms with Crippen LogP contribution in [0.1, 0.15) is 68.8 Å². The van der Waals surface area contributed by atoms with Crippen LogP contribution in [0.4, 0.5) is 5.82 Å². The second kappa shape index (κ2) is 8.29. The zero-order chi connectivity index (χ0) is 19.5. The van der Waals surface area contributed by atoms with Crippen molar-refractivity contribution in [3.8, 4) is 17.0 Å². The summed E-state index contributed by atoms with van der Waals surface area (Å²) in [6, 6.07) is 5.45. The van der Waals surface area contributed by atoms with Crippen molar-refractivity contribution in [2.45, 2.75) is 71.1 Å². The molecule has 2 N–H and O–H groups in total. The van der Waals surface area contributed by atoms with E-state index in [9.17, 15) is 9.90 Å². The number of nitrogens with one attached hydrogen (secondary N) is 1. The Morgan fingerprint density at radius 2 is 2.00 bits per heavy atom. The molecule has 2 aliphatic carbocycles. The molecule has 0 radical (unpaired) electrons. The van der Waals surface area contributed by atoms with Gasteiger partial charge in [-0.15, -0.1) is 0 Å². The van der Waals surface area contributed by atoms with E-state index < -0.39 is 0 Å². The summed E-state index contributed by atoms with van der Waals surface area (Å²) in [4.78, 5) is 22.4. The van der Waals surface area contributed by atoms with Gasteiger partial charge in [0, 0.05) is 12.0 Å². The zero-order valence-corrected chi connectivity index (χ0v) is 16.6. The SMILES string of the molecule is CCCc1nc2c(nc1NC(=O)CC1CCCCC1)CCc1cc(O)ccc1-2. The van der Waals surface area contributed by atoms with Crippen molar-refractivity contribution in [2.75, 3.05) is 5.32 Å². The van der Waals surface area contributed by atoms with E-state index in [1.54, 1.807) is 6.07 Å². The van der Waals surface area contributed by atoms with Crippen molar-refractivity contribution in [3.05, 3.63) is 35.2 Å². The molecule has 28 heavy (non-hydrogen) atoms. The average Bonchev–Trinajstić information content (AvgIpc) is 2.69. The Morgan fingerprint density at radius 1 is 1.18 bits per heavy atom. The predicted molar refractivity (Wildman–Crippen MR) is 110 cm³/mol. The Labute approximate surface area is 166 Å². The molecule has 0 aliphatic heterocycles. The summed E-state index contributed by atoms with van der Waals surface area (Å²) >= 11 is 0. The average molecular weight is 380 g/mol. The van der Waals surface area contributed by atoms with Crippen LogP contribution in [-0.4, -0.2) is 21.0 Å². The van der Waals surface area contributed by atoms with Crippen molar-refractivity contribution in [1.29, 1.82) is 0 Å². The van der Waals surface area contributed by atoms with Crippen LogP contribution in [0, 0.1) is 5.92 Å². The van der Waals surface area contributed by atoms with Gasteiger partial charge in [-0.25, -0.2) is 9.97 Å². The van der Waals surface area contributed by atoms with Gasteiger partial charge in [0.2, 0.25) is 5.91 Å². The molecule has 1 amide bonds. The lowest BCUT2D eigenvalue weighted by atomic mass is 9.87. The summed E-state index contributed by atoms with van der Waals surface area (Å²) in [5.41, 5.74) is 4.85. The van der Waals surface area contributed by atoms with Crippen LogP contribution in [0.15, 0.2) is 18.2 Å². The second-order valence-electron chi connectivity index (χ2n) is 8.16. The summed E-state index contributed by atoms with van der Waals surface area (Å²) < 4.78 is 0. The van der Waals surface area contributed by atoms with E-state index in [0.717, 1.165) is 66.7 Å². The minimum absolute atomic E-state index is 0.0691. The number of benzene rings is 1. The Kier molecular flexibility index (Phi) is 5.60. The molecule has 1 saturated carbocycles. The van der Waals surface area contributed by atoms with E-state index in [1.807, 2.05) is 12.1 Å². The topological polar surface area (TPSA) is 75.1 Å². The molecule has 1 aromatic heterocycles. The van der Waals surface area contributed by atoms with E-state index in [1.165, 1.54) is 19.3 Å². The van der Waals surface area contributed by atoms with Gasteiger partial charge >= 0.3 is 0 Å². The van der Waals surface area contributed by atoms with Crippen LogP contribution in [-0.2, 0) is 24.1 Å². The first kappa shape index (κ1) is 18.9. The monoisotopic (exact) mass is 379 g/mol. The molecule has 0 unspecified atom stereocenters. The van der Waals surface area contributed by atoms with E-state index in [4.69, 9.17) is 9.97 Å². The minimum Gasteiger partial charge on any atom is -0.508 e. The van der Waals surface area contributed by atoms with Gasteiger partial charge in [-0.1, -0.05) is 32.6 Å². The third-order valence-corrected chi connectivity index (χ3v) is 5.96. The lowest BCUT2D eigenvalue weighted by molar-refractivity contribution is -0.117. The maximum Gasteiger partial charge on any atom is 0.225 e. The smallest absolute Gasteiger partial charge is 0.225 e. The van der Waals surface area contributed by atoms with Crippen LogP contribution in [0.5, 0.6) is 5.75 Å². The number of aromatic hydroxyl groups is 1. The number of aromatic nitrogens is 2. The van der Waals surface area contributed by atoms with Gasteiger partial charge in [0.05, 0.1) is 17.1 Å². The standard InChI is InChI=1S/C23H29N3O2/c1-2-6-20-23(26-21(28)13-15-7-4-3-5-8-15)25-19-12-9-16-14-17(27)10-11-18(16)22(19)24-20/h10-11,14-15,27H,2-9,12-13H2,1H3,(H,25,26,28). The molecule has 1 fully saturated rings. The molecular weight excluding hydrogens is 350 g/mol. The van der Waals surface area contributed by atoms with Gasteiger partial charge in [-0.05, 0) is 61.8 Å². The van der Waals surface area contributed by atoms with Crippen molar-refractivity contribution < 1.29 is 9.90 Å². The fourth-order valence-electron chi connectivity index (χ4n) is 4.51. The number of hydrogen-bond acceptors (Lipinski definition) is 4. The number of phenols is 1. The Hall–Kier alpha value is -2.43. The largest absolute Gasteiger partial charge is 0.508 e. The maximum atomic E-state index is 12.6. The second-order valence-corrected chi connectivity index (χ2v) is 8.16. The summed E-state index contributed by atoms with van der Waals surface area (Å²) in [7, 11) is 0. The number of amides is 1. The van der Waals surface area contributed by atoms with Gasteiger partial charge in [0.25, 0.3) is 0 Å². The van der Waals surface area contributed by atoms with E-state index in [2.05, 4.69) is 12.2 Å². The lowest BCUT2D eigenvalue weighted by Crippen LogP contribution is -2.21. The van der Waals surface area contributed by atoms with E-state index in [-0.39, 0.29) is 11.7 Å². The molecule has 1 heterocycles. The molecular formula is C23H29N3O2. The van der Waals surface area contributed by atoms with Crippen LogP contribution in [0.2, 0.25) is 0 Å². The number of anilines is 1. The molecule has 148 valence electrons. The van der Waals surface area contributed by atoms with Crippen molar-refractivity contribution in [1.82, 2.24) is 9.97 Å². The van der Waals surface area contributed by atoms with Gasteiger partial charge < -0.3 is 10.4 Å². The number of hydrogen-bond donors (Lipinski definition) is 2. The number of aryl methyl sites for hydroxylation is 3. The summed E-state index contributed by atoms with van der Waals surface area (Å²) in [5.74, 6) is 1.51. The molecule has 0 bridgehead atoms. The number of carbonyl (C=O) groups is 1. The number of nitrogens with zero attached hydrogens (tertiary/aromatic N) is 2. The highest BCUT2D eigenvalue weighted by atomic mass is 16.3. The fourth-order valence-corrected chi connectivity index (χ4v) is 4.51. The minimum atomic E-state index is 0.0691. The third-order valence-electron chi connectivity index (χ3n) is 5.96. The van der Waals surface area contributed by atoms with E-state index >= 15 is 0 Å². The molecule has 4 rings (SSSR count). The molecule has 0 atom stereocenters. The molecule has 0 saturated heterocycles. The molecule has 2 aliphatic rings. The van der Waals surface area contributed by atoms with Gasteiger partial charge in [-0.2, -0.15) is 0 Å². The van der Waals surface area contributed by atoms with Gasteiger partial charge in [0.15, 0.2) is 5.82 Å². The molecule has 0 spiro atoms. The highest BCUT2D eigenvalue weighted by molar-refractivity contribution is 5.90. The number of rotatable bonds is 5. The van der Waals surface area contributed by atoms with E-state index in [0.29, 0.717) is 18.2 Å². The number of carbonyl (C=O) groups excluding carboxylic acids is 1. The van der Waals surface area contributed by atoms with Crippen LogP contribution in [0.25, 0.3) is 11.3 Å². The highest BCUT2D eigenvalue weighted by Gasteiger charge is 2.23. The Bertz CT molecular complexity index is 872. The highest BCUT2D eigenvalue weighted by Crippen LogP contribution is 2.35. The van der Waals surface area contributed by atoms with Crippen molar-refractivity contribution >= 4 is 11.7 Å². The summed E-state index contributed by atoms with van der Waals surface area (Å²) in [6.45, 7) is 2.11. The molecule has 5 nitrogen and oxygen atoms in total. The quantitative estimate of drug-likeness (QED) is 0.782. The first-order valence-corrected chi connectivity index (χ1v) is 10.7. The Balaban J connectivity index is 1.59. The zero-order valence-electron chi connectivity index (χ0n) is 16.6. The normalized spacial score (nSPS) is 16.3. The first-order valence-electron chi connectivity index (χ1n) is 10.7. The van der Waals surface area contributed by atoms with Gasteiger partial charge in [0.1, 0.15) is 5.75 Å². The van der Waals surface area contributed by atoms with Crippen molar-refractivity contribution in [3.63, 3.8) is 0 Å². The predicted octanol–water partition coefficient (Wildman–Crippen LogP) is 4.81. The van der Waals surface area contributed by atoms with Crippen LogP contribution in [0.3, 0.4) is 0 Å². The number of phenolic OH excluding ortho intramolecular Hbond substituents is 1. The maximum absolute atomic E-state index is 12.6. The van der Waals surface area contributed by atoms with Crippen LogP contribution < -0.4 is 5.32 Å². The molecule has 5 heteroatoms.